The van der Waals surface area contributed by atoms with Crippen molar-refractivity contribution >= 4 is 17.7 Å². The minimum Gasteiger partial charge on any atom is -0.493 e. The summed E-state index contributed by atoms with van der Waals surface area (Å²) in [5, 5.41) is 0.421. The predicted molar refractivity (Wildman–Crippen MR) is 71.5 cm³/mol. The Balaban J connectivity index is 2.63. The first-order chi connectivity index (χ1) is 9.25. The second kappa shape index (κ2) is 4.88. The smallest absolute Gasteiger partial charge is 0.432 e. The van der Waals surface area contributed by atoms with E-state index in [1.807, 2.05) is 0 Å². The Morgan fingerprint density at radius 1 is 1.40 bits per heavy atom. The Hall–Kier alpha value is -1.36. The fraction of sp³-hybridized carbons (Fsp3) is 0.429. The lowest BCUT2D eigenvalue weighted by molar-refractivity contribution is -0.230. The molecule has 20 heavy (non-hydrogen) atoms. The number of hydrogen-bond donors (Lipinski definition) is 0. The van der Waals surface area contributed by atoms with Crippen molar-refractivity contribution in [3.8, 4) is 11.5 Å². The Labute approximate surface area is 120 Å². The van der Waals surface area contributed by atoms with Gasteiger partial charge in [-0.15, -0.1) is 0 Å². The van der Waals surface area contributed by atoms with Gasteiger partial charge in [-0.05, 0) is 25.0 Å². The highest BCUT2D eigenvalue weighted by Gasteiger charge is 2.56. The van der Waals surface area contributed by atoms with Crippen LogP contribution in [0.1, 0.15) is 24.5 Å². The zero-order valence-corrected chi connectivity index (χ0v) is 12.0. The fourth-order valence-electron chi connectivity index (χ4n) is 2.16. The highest BCUT2D eigenvalue weighted by molar-refractivity contribution is 6.31. The van der Waals surface area contributed by atoms with E-state index >= 15 is 0 Å². The van der Waals surface area contributed by atoms with E-state index in [4.69, 9.17) is 21.1 Å². The van der Waals surface area contributed by atoms with E-state index in [0.717, 1.165) is 6.08 Å². The highest BCUT2D eigenvalue weighted by atomic mass is 35.5. The molecule has 0 fully saturated rings. The van der Waals surface area contributed by atoms with Crippen LogP contribution < -0.4 is 9.47 Å². The second-order valence-corrected chi connectivity index (χ2v) is 5.01. The summed E-state index contributed by atoms with van der Waals surface area (Å²) in [6.07, 6.45) is -2.29. The second-order valence-electron chi connectivity index (χ2n) is 4.60. The molecule has 0 aromatic heterocycles. The van der Waals surface area contributed by atoms with Crippen LogP contribution in [0.5, 0.6) is 11.5 Å². The van der Waals surface area contributed by atoms with Crippen molar-refractivity contribution < 1.29 is 22.6 Å². The molecule has 2 nitrogen and oxygen atoms in total. The van der Waals surface area contributed by atoms with Gasteiger partial charge in [-0.2, -0.15) is 13.2 Å². The number of halogens is 4. The van der Waals surface area contributed by atoms with Gasteiger partial charge >= 0.3 is 6.18 Å². The van der Waals surface area contributed by atoms with Gasteiger partial charge in [0.05, 0.1) is 7.11 Å². The maximum atomic E-state index is 13.3. The van der Waals surface area contributed by atoms with Crippen LogP contribution >= 0.6 is 11.6 Å². The van der Waals surface area contributed by atoms with Crippen molar-refractivity contribution in [2.75, 3.05) is 7.11 Å². The molecule has 0 saturated carbocycles. The average molecular weight is 307 g/mol. The molecule has 2 rings (SSSR count). The van der Waals surface area contributed by atoms with E-state index in [1.165, 1.54) is 26.2 Å². The SMILES string of the molecule is CCC1(C(F)(F)F)C=Cc2c(C)c(Cl)cc(OC)c2O1. The predicted octanol–water partition coefficient (Wildman–Crippen LogP) is 4.77. The van der Waals surface area contributed by atoms with Crippen molar-refractivity contribution in [2.24, 2.45) is 0 Å². The molecule has 1 aromatic carbocycles. The van der Waals surface area contributed by atoms with Crippen LogP contribution in [0.15, 0.2) is 12.1 Å². The van der Waals surface area contributed by atoms with Gasteiger partial charge in [0.1, 0.15) is 0 Å². The number of fused-ring (bicyclic) bond motifs is 1. The first kappa shape index (κ1) is 15.0. The van der Waals surface area contributed by atoms with Crippen LogP contribution in [-0.2, 0) is 0 Å². The van der Waals surface area contributed by atoms with Gasteiger partial charge in [-0.25, -0.2) is 0 Å². The van der Waals surface area contributed by atoms with Crippen molar-refractivity contribution in [3.63, 3.8) is 0 Å². The maximum Gasteiger partial charge on any atom is 0.432 e. The minimum atomic E-state index is -4.51. The van der Waals surface area contributed by atoms with Crippen LogP contribution in [0, 0.1) is 6.92 Å². The molecule has 1 unspecified atom stereocenters. The number of benzene rings is 1. The van der Waals surface area contributed by atoms with Gasteiger partial charge in [0.15, 0.2) is 11.5 Å². The van der Waals surface area contributed by atoms with Crippen molar-refractivity contribution in [3.05, 3.63) is 28.3 Å². The molecule has 1 aromatic rings. The summed E-state index contributed by atoms with van der Waals surface area (Å²) in [4.78, 5) is 0. The van der Waals surface area contributed by atoms with E-state index in [9.17, 15) is 13.2 Å². The summed E-state index contributed by atoms with van der Waals surface area (Å²) >= 11 is 6.03. The molecule has 0 saturated heterocycles. The molecule has 0 N–H and O–H groups in total. The molecule has 1 atom stereocenters. The Bertz CT molecular complexity index is 567. The summed E-state index contributed by atoms with van der Waals surface area (Å²) < 4.78 is 50.2. The van der Waals surface area contributed by atoms with Gasteiger partial charge in [0.25, 0.3) is 0 Å². The maximum absolute atomic E-state index is 13.3. The summed E-state index contributed by atoms with van der Waals surface area (Å²) in [5.41, 5.74) is -1.15. The monoisotopic (exact) mass is 306 g/mol. The number of methoxy groups -OCH3 is 1. The number of ether oxygens (including phenoxy) is 2. The third kappa shape index (κ3) is 2.14. The zero-order valence-electron chi connectivity index (χ0n) is 11.3. The van der Waals surface area contributed by atoms with Crippen LogP contribution in [0.4, 0.5) is 13.2 Å². The Morgan fingerprint density at radius 3 is 2.55 bits per heavy atom. The largest absolute Gasteiger partial charge is 0.493 e. The van der Waals surface area contributed by atoms with E-state index in [2.05, 4.69) is 0 Å². The van der Waals surface area contributed by atoms with Crippen molar-refractivity contribution in [1.82, 2.24) is 0 Å². The van der Waals surface area contributed by atoms with Gasteiger partial charge in [-0.1, -0.05) is 24.6 Å². The van der Waals surface area contributed by atoms with Crippen molar-refractivity contribution in [2.45, 2.75) is 32.0 Å². The molecule has 0 radical (unpaired) electrons. The van der Waals surface area contributed by atoms with Crippen LogP contribution in [0.25, 0.3) is 6.08 Å². The molecule has 0 bridgehead atoms. The molecule has 1 aliphatic heterocycles. The topological polar surface area (TPSA) is 18.5 Å². The molecule has 0 aliphatic carbocycles. The molecule has 6 heteroatoms. The van der Waals surface area contributed by atoms with Gasteiger partial charge in [0.2, 0.25) is 5.60 Å². The summed E-state index contributed by atoms with van der Waals surface area (Å²) in [6, 6.07) is 1.46. The summed E-state index contributed by atoms with van der Waals surface area (Å²) in [7, 11) is 1.37. The molecule has 1 heterocycles. The number of hydrogen-bond acceptors (Lipinski definition) is 2. The first-order valence-corrected chi connectivity index (χ1v) is 6.45. The quantitative estimate of drug-likeness (QED) is 0.783. The van der Waals surface area contributed by atoms with Crippen LogP contribution in [-0.4, -0.2) is 18.9 Å². The summed E-state index contributed by atoms with van der Waals surface area (Å²) in [5.74, 6) is 0.276. The first-order valence-electron chi connectivity index (χ1n) is 6.08. The zero-order chi connectivity index (χ0) is 15.1. The molecule has 0 amide bonds. The number of rotatable bonds is 2. The van der Waals surface area contributed by atoms with E-state index < -0.39 is 11.8 Å². The lowest BCUT2D eigenvalue weighted by atomic mass is 9.93. The lowest BCUT2D eigenvalue weighted by Gasteiger charge is -2.36. The molecule has 110 valence electrons. The molecular formula is C14H14ClF3O2. The average Bonchev–Trinajstić information content (AvgIpc) is 2.40. The normalized spacial score (nSPS) is 21.4. The van der Waals surface area contributed by atoms with Crippen LogP contribution in [0.3, 0.4) is 0 Å². The van der Waals surface area contributed by atoms with E-state index in [-0.39, 0.29) is 17.9 Å². The summed E-state index contributed by atoms with van der Waals surface area (Å²) in [6.45, 7) is 3.15. The standard InChI is InChI=1S/C14H14ClF3O2/c1-4-13(14(16,17)18)6-5-9-8(2)10(15)7-11(19-3)12(9)20-13/h5-7H,4H2,1-3H3. The van der Waals surface area contributed by atoms with Gasteiger partial charge in [-0.3, -0.25) is 0 Å². The van der Waals surface area contributed by atoms with Crippen molar-refractivity contribution in [1.29, 1.82) is 0 Å². The third-order valence-corrected chi connectivity index (χ3v) is 3.91. The Morgan fingerprint density at radius 2 is 2.05 bits per heavy atom. The molecular weight excluding hydrogens is 293 g/mol. The van der Waals surface area contributed by atoms with E-state index in [0.29, 0.717) is 16.1 Å². The molecule has 0 spiro atoms. The minimum absolute atomic E-state index is 0.0797. The fourth-order valence-corrected chi connectivity index (χ4v) is 2.36. The Kier molecular flexibility index (Phi) is 3.67. The van der Waals surface area contributed by atoms with Gasteiger partial charge in [0, 0.05) is 16.7 Å². The third-order valence-electron chi connectivity index (χ3n) is 3.52. The van der Waals surface area contributed by atoms with Gasteiger partial charge < -0.3 is 9.47 Å². The number of alkyl halides is 3. The van der Waals surface area contributed by atoms with Crippen LogP contribution in [0.2, 0.25) is 5.02 Å². The molecule has 1 aliphatic rings. The lowest BCUT2D eigenvalue weighted by Crippen LogP contribution is -2.49. The van der Waals surface area contributed by atoms with E-state index in [1.54, 1.807) is 6.92 Å². The highest BCUT2D eigenvalue weighted by Crippen LogP contribution is 2.48.